The molecule has 1 aromatic heterocycles. The summed E-state index contributed by atoms with van der Waals surface area (Å²) < 4.78 is 63.1. The highest BCUT2D eigenvalue weighted by molar-refractivity contribution is 5.35. The Hall–Kier alpha value is -2.13. The van der Waals surface area contributed by atoms with Crippen molar-refractivity contribution in [2.24, 2.45) is 7.05 Å². The summed E-state index contributed by atoms with van der Waals surface area (Å²) in [5.74, 6) is -1.30. The Bertz CT molecular complexity index is 748. The number of nitrogens with one attached hydrogen (secondary N) is 1. The highest BCUT2D eigenvalue weighted by atomic mass is 19.4. The Kier molecular flexibility index (Phi) is 5.47. The normalized spacial score (nSPS) is 21.0. The van der Waals surface area contributed by atoms with Gasteiger partial charge in [-0.1, -0.05) is 6.07 Å². The molecule has 1 saturated heterocycles. The molecule has 3 rings (SSSR count). The van der Waals surface area contributed by atoms with Gasteiger partial charge in [-0.25, -0.2) is 4.39 Å². The Morgan fingerprint density at radius 3 is 2.88 bits per heavy atom. The minimum absolute atomic E-state index is 0.108. The number of aryl methyl sites for hydroxylation is 1. The van der Waals surface area contributed by atoms with E-state index in [-0.39, 0.29) is 24.3 Å². The first kappa shape index (κ1) is 18.7. The van der Waals surface area contributed by atoms with Crippen molar-refractivity contribution >= 4 is 0 Å². The van der Waals surface area contributed by atoms with Crippen LogP contribution in [0.15, 0.2) is 30.6 Å². The lowest BCUT2D eigenvalue weighted by atomic mass is 9.97. The molecule has 2 atom stereocenters. The number of aromatic nitrogens is 2. The zero-order valence-corrected chi connectivity index (χ0v) is 14.1. The first-order chi connectivity index (χ1) is 12.3. The third kappa shape index (κ3) is 4.53. The van der Waals surface area contributed by atoms with E-state index in [1.54, 1.807) is 17.9 Å². The second-order valence-electron chi connectivity index (χ2n) is 6.13. The van der Waals surface area contributed by atoms with E-state index in [2.05, 4.69) is 15.2 Å². The fraction of sp³-hybridized carbons (Fsp3) is 0.471. The average molecular weight is 373 g/mol. The van der Waals surface area contributed by atoms with Gasteiger partial charge in [0.05, 0.1) is 6.20 Å². The molecular weight excluding hydrogens is 354 g/mol. The summed E-state index contributed by atoms with van der Waals surface area (Å²) in [4.78, 5) is 0. The summed E-state index contributed by atoms with van der Waals surface area (Å²) in [7, 11) is 1.79. The number of ether oxygens (including phenoxy) is 2. The topological polar surface area (TPSA) is 48.3 Å². The van der Waals surface area contributed by atoms with Crippen LogP contribution < -0.4 is 10.1 Å². The van der Waals surface area contributed by atoms with Crippen molar-refractivity contribution in [3.05, 3.63) is 47.5 Å². The van der Waals surface area contributed by atoms with Crippen molar-refractivity contribution in [2.75, 3.05) is 6.61 Å². The summed E-state index contributed by atoms with van der Waals surface area (Å²) in [6, 6.07) is 3.22. The molecule has 2 aromatic rings. The van der Waals surface area contributed by atoms with Crippen LogP contribution in [0.2, 0.25) is 0 Å². The lowest BCUT2D eigenvalue weighted by Gasteiger charge is -2.32. The van der Waals surface area contributed by atoms with Crippen LogP contribution >= 0.6 is 0 Å². The average Bonchev–Trinajstić information content (AvgIpc) is 2.99. The maximum Gasteiger partial charge on any atom is 0.573 e. The van der Waals surface area contributed by atoms with Gasteiger partial charge < -0.3 is 14.8 Å². The molecule has 1 aliphatic heterocycles. The fourth-order valence-electron chi connectivity index (χ4n) is 3.07. The second-order valence-corrected chi connectivity index (χ2v) is 6.13. The van der Waals surface area contributed by atoms with Gasteiger partial charge in [0.15, 0.2) is 0 Å². The predicted molar refractivity (Wildman–Crippen MR) is 84.8 cm³/mol. The SMILES string of the molecule is Cn1cc([C@H]2OCCC[C@@H]2NCc2c(F)cccc2OC(F)(F)F)cn1. The fourth-order valence-corrected chi connectivity index (χ4v) is 3.07. The molecule has 9 heteroatoms. The monoisotopic (exact) mass is 373 g/mol. The second kappa shape index (κ2) is 7.63. The smallest absolute Gasteiger partial charge is 0.405 e. The lowest BCUT2D eigenvalue weighted by molar-refractivity contribution is -0.275. The number of hydrogen-bond donors (Lipinski definition) is 1. The zero-order valence-electron chi connectivity index (χ0n) is 14.1. The van der Waals surface area contributed by atoms with Gasteiger partial charge in [-0.3, -0.25) is 4.68 Å². The van der Waals surface area contributed by atoms with Crippen molar-refractivity contribution in [1.82, 2.24) is 15.1 Å². The zero-order chi connectivity index (χ0) is 18.7. The van der Waals surface area contributed by atoms with Gasteiger partial charge in [0.25, 0.3) is 0 Å². The van der Waals surface area contributed by atoms with Crippen LogP contribution in [0.4, 0.5) is 17.6 Å². The van der Waals surface area contributed by atoms with Crippen LogP contribution in [-0.2, 0) is 18.3 Å². The van der Waals surface area contributed by atoms with Crippen molar-refractivity contribution < 1.29 is 27.0 Å². The molecule has 1 aliphatic rings. The Balaban J connectivity index is 1.75. The molecule has 0 bridgehead atoms. The first-order valence-electron chi connectivity index (χ1n) is 8.20. The van der Waals surface area contributed by atoms with E-state index in [0.717, 1.165) is 30.5 Å². The first-order valence-corrected chi connectivity index (χ1v) is 8.20. The van der Waals surface area contributed by atoms with Gasteiger partial charge in [-0.05, 0) is 25.0 Å². The highest BCUT2D eigenvalue weighted by Crippen LogP contribution is 2.31. The minimum atomic E-state index is -4.88. The lowest BCUT2D eigenvalue weighted by Crippen LogP contribution is -2.39. The number of hydrogen-bond acceptors (Lipinski definition) is 4. The molecule has 0 amide bonds. The van der Waals surface area contributed by atoms with E-state index in [1.165, 1.54) is 6.07 Å². The summed E-state index contributed by atoms with van der Waals surface area (Å²) >= 11 is 0. The summed E-state index contributed by atoms with van der Waals surface area (Å²) in [5.41, 5.74) is 0.699. The van der Waals surface area contributed by atoms with Crippen LogP contribution in [-0.4, -0.2) is 28.8 Å². The van der Waals surface area contributed by atoms with Gasteiger partial charge in [0, 0.05) is 43.6 Å². The molecule has 0 unspecified atom stereocenters. The molecule has 0 saturated carbocycles. The summed E-state index contributed by atoms with van der Waals surface area (Å²) in [6.07, 6.45) is -0.107. The summed E-state index contributed by atoms with van der Waals surface area (Å²) in [5, 5.41) is 7.23. The van der Waals surface area contributed by atoms with Crippen LogP contribution in [0.25, 0.3) is 0 Å². The highest BCUT2D eigenvalue weighted by Gasteiger charge is 2.33. The quantitative estimate of drug-likeness (QED) is 0.816. The maximum atomic E-state index is 14.1. The van der Waals surface area contributed by atoms with Crippen LogP contribution in [0.1, 0.15) is 30.1 Å². The maximum absolute atomic E-state index is 14.1. The number of alkyl halides is 3. The standard InChI is InChI=1S/C17H19F4N3O2/c1-24-10-11(8-23-24)16-14(5-3-7-25-16)22-9-12-13(18)4-2-6-15(12)26-17(19,20)21/h2,4,6,8,10,14,16,22H,3,5,7,9H2,1H3/t14-,16+/m0/s1. The van der Waals surface area contributed by atoms with Gasteiger partial charge in [-0.2, -0.15) is 5.10 Å². The van der Waals surface area contributed by atoms with Gasteiger partial charge in [0.2, 0.25) is 0 Å². The molecular formula is C17H19F4N3O2. The van der Waals surface area contributed by atoms with E-state index in [1.807, 2.05) is 6.20 Å². The molecule has 1 fully saturated rings. The van der Waals surface area contributed by atoms with Crippen LogP contribution in [0.5, 0.6) is 5.75 Å². The Labute approximate surface area is 147 Å². The largest absolute Gasteiger partial charge is 0.573 e. The third-order valence-corrected chi connectivity index (χ3v) is 4.22. The van der Waals surface area contributed by atoms with Crippen molar-refractivity contribution in [3.63, 3.8) is 0 Å². The van der Waals surface area contributed by atoms with Crippen molar-refractivity contribution in [3.8, 4) is 5.75 Å². The number of rotatable bonds is 5. The molecule has 1 N–H and O–H groups in total. The van der Waals surface area contributed by atoms with Crippen LogP contribution in [0, 0.1) is 5.82 Å². The molecule has 0 spiro atoms. The number of halogens is 4. The summed E-state index contributed by atoms with van der Waals surface area (Å²) in [6.45, 7) is 0.475. The van der Waals surface area contributed by atoms with Crippen molar-refractivity contribution in [1.29, 1.82) is 0 Å². The van der Waals surface area contributed by atoms with Gasteiger partial charge in [-0.15, -0.1) is 13.2 Å². The van der Waals surface area contributed by atoms with Gasteiger partial charge >= 0.3 is 6.36 Å². The van der Waals surface area contributed by atoms with E-state index >= 15 is 0 Å². The van der Waals surface area contributed by atoms with E-state index < -0.39 is 17.9 Å². The van der Waals surface area contributed by atoms with E-state index in [9.17, 15) is 17.6 Å². The molecule has 2 heterocycles. The predicted octanol–water partition coefficient (Wildman–Crippen LogP) is 3.47. The van der Waals surface area contributed by atoms with Gasteiger partial charge in [0.1, 0.15) is 17.7 Å². The molecule has 0 radical (unpaired) electrons. The number of nitrogens with zero attached hydrogens (tertiary/aromatic N) is 2. The number of benzene rings is 1. The molecule has 1 aromatic carbocycles. The Morgan fingerprint density at radius 2 is 2.19 bits per heavy atom. The minimum Gasteiger partial charge on any atom is -0.405 e. The Morgan fingerprint density at radius 1 is 1.38 bits per heavy atom. The van der Waals surface area contributed by atoms with Crippen molar-refractivity contribution in [2.45, 2.75) is 37.9 Å². The molecule has 142 valence electrons. The molecule has 5 nitrogen and oxygen atoms in total. The molecule has 0 aliphatic carbocycles. The molecule has 26 heavy (non-hydrogen) atoms. The van der Waals surface area contributed by atoms with E-state index in [4.69, 9.17) is 4.74 Å². The van der Waals surface area contributed by atoms with E-state index in [0.29, 0.717) is 6.61 Å². The van der Waals surface area contributed by atoms with Crippen LogP contribution in [0.3, 0.4) is 0 Å². The third-order valence-electron chi connectivity index (χ3n) is 4.22.